The van der Waals surface area contributed by atoms with E-state index in [0.29, 0.717) is 0 Å². The minimum Gasteiger partial charge on any atom is -0.322 e. The van der Waals surface area contributed by atoms with Gasteiger partial charge in [-0.1, -0.05) is 30.2 Å². The first-order chi connectivity index (χ1) is 10.4. The smallest absolute Gasteiger partial charge is 0.0322 e. The lowest BCUT2D eigenvalue weighted by Crippen LogP contribution is -2.33. The maximum Gasteiger partial charge on any atom is 0.0322 e. The third kappa shape index (κ3) is 3.40. The molecular weight excluding hydrogens is 266 g/mol. The normalized spacial score (nSPS) is 22.0. The van der Waals surface area contributed by atoms with Gasteiger partial charge >= 0.3 is 0 Å². The van der Waals surface area contributed by atoms with Crippen molar-refractivity contribution in [2.24, 2.45) is 5.73 Å². The Bertz CT molecular complexity index is 706. The molecule has 1 aromatic rings. The number of nitrogens with two attached hydrogens (primary N) is 1. The van der Waals surface area contributed by atoms with Crippen LogP contribution in [0.2, 0.25) is 0 Å². The Balaban J connectivity index is 2.67. The molecule has 1 aromatic carbocycles. The molecule has 0 saturated heterocycles. The van der Waals surface area contributed by atoms with E-state index in [4.69, 9.17) is 12.2 Å². The van der Waals surface area contributed by atoms with Crippen molar-refractivity contribution in [1.29, 1.82) is 0 Å². The van der Waals surface area contributed by atoms with Gasteiger partial charge in [-0.25, -0.2) is 0 Å². The highest BCUT2D eigenvalue weighted by Crippen LogP contribution is 2.35. The van der Waals surface area contributed by atoms with Gasteiger partial charge in [0, 0.05) is 11.1 Å². The zero-order chi connectivity index (χ0) is 16.3. The maximum absolute atomic E-state index is 6.46. The molecule has 1 heteroatoms. The zero-order valence-electron chi connectivity index (χ0n) is 14.0. The van der Waals surface area contributed by atoms with Gasteiger partial charge < -0.3 is 5.73 Å². The first-order valence-corrected chi connectivity index (χ1v) is 7.80. The first kappa shape index (κ1) is 16.3. The fourth-order valence-electron chi connectivity index (χ4n) is 2.91. The SMILES string of the molecule is C#Cc1cc2c(cc1C)C(/C(C)=C/C=C\C)=CC(C)(N)CC2. The van der Waals surface area contributed by atoms with Crippen LogP contribution in [0.25, 0.3) is 5.57 Å². The lowest BCUT2D eigenvalue weighted by molar-refractivity contribution is 0.538. The highest BCUT2D eigenvalue weighted by molar-refractivity contribution is 5.82. The van der Waals surface area contributed by atoms with Crippen LogP contribution in [0.4, 0.5) is 0 Å². The van der Waals surface area contributed by atoms with Crippen molar-refractivity contribution in [2.75, 3.05) is 0 Å². The zero-order valence-corrected chi connectivity index (χ0v) is 14.0. The highest BCUT2D eigenvalue weighted by Gasteiger charge is 2.24. The molecule has 1 aliphatic carbocycles. The molecule has 2 N–H and O–H groups in total. The summed E-state index contributed by atoms with van der Waals surface area (Å²) in [6.45, 7) is 8.33. The molecule has 0 heterocycles. The Morgan fingerprint density at radius 1 is 1.41 bits per heavy atom. The minimum atomic E-state index is -0.302. The van der Waals surface area contributed by atoms with Gasteiger partial charge in [-0.15, -0.1) is 6.42 Å². The van der Waals surface area contributed by atoms with Crippen LogP contribution in [0.5, 0.6) is 0 Å². The van der Waals surface area contributed by atoms with Crippen LogP contribution in [0.15, 0.2) is 42.0 Å². The Kier molecular flexibility index (Phi) is 4.74. The first-order valence-electron chi connectivity index (χ1n) is 7.80. The molecule has 0 radical (unpaired) electrons. The van der Waals surface area contributed by atoms with Gasteiger partial charge in [0.1, 0.15) is 0 Å². The third-order valence-electron chi connectivity index (χ3n) is 4.27. The second-order valence-electron chi connectivity index (χ2n) is 6.41. The van der Waals surface area contributed by atoms with Crippen molar-refractivity contribution < 1.29 is 0 Å². The van der Waals surface area contributed by atoms with Crippen LogP contribution in [-0.4, -0.2) is 5.54 Å². The van der Waals surface area contributed by atoms with E-state index >= 15 is 0 Å². The van der Waals surface area contributed by atoms with Crippen molar-refractivity contribution in [2.45, 2.75) is 46.1 Å². The van der Waals surface area contributed by atoms with E-state index in [1.165, 1.54) is 22.3 Å². The van der Waals surface area contributed by atoms with Gasteiger partial charge in [0.05, 0.1) is 0 Å². The fraction of sp³-hybridized carbons (Fsp3) is 0.333. The monoisotopic (exact) mass is 291 g/mol. The van der Waals surface area contributed by atoms with Crippen molar-refractivity contribution in [3.63, 3.8) is 0 Å². The van der Waals surface area contributed by atoms with E-state index in [-0.39, 0.29) is 5.54 Å². The highest BCUT2D eigenvalue weighted by atomic mass is 14.7. The number of fused-ring (bicyclic) bond motifs is 1. The van der Waals surface area contributed by atoms with Crippen molar-refractivity contribution in [3.8, 4) is 12.3 Å². The van der Waals surface area contributed by atoms with Crippen LogP contribution < -0.4 is 5.73 Å². The summed E-state index contributed by atoms with van der Waals surface area (Å²) in [4.78, 5) is 0. The van der Waals surface area contributed by atoms with E-state index in [9.17, 15) is 0 Å². The predicted octanol–water partition coefficient (Wildman–Crippen LogP) is 4.55. The van der Waals surface area contributed by atoms with Crippen molar-refractivity contribution >= 4 is 5.57 Å². The Hall–Kier alpha value is -2.04. The maximum atomic E-state index is 6.46. The average Bonchev–Trinajstić information content (AvgIpc) is 2.61. The number of hydrogen-bond acceptors (Lipinski definition) is 1. The molecule has 0 saturated carbocycles. The van der Waals surface area contributed by atoms with Gasteiger partial charge in [-0.3, -0.25) is 0 Å². The molecule has 0 fully saturated rings. The molecule has 1 aliphatic rings. The van der Waals surface area contributed by atoms with Gasteiger partial charge in [0.25, 0.3) is 0 Å². The van der Waals surface area contributed by atoms with E-state index in [1.54, 1.807) is 0 Å². The number of terminal acetylenes is 1. The number of rotatable bonds is 2. The fourth-order valence-corrected chi connectivity index (χ4v) is 2.91. The lowest BCUT2D eigenvalue weighted by Gasteiger charge is -2.19. The van der Waals surface area contributed by atoms with Crippen LogP contribution in [0.3, 0.4) is 0 Å². The van der Waals surface area contributed by atoms with Gasteiger partial charge in [0.15, 0.2) is 0 Å². The van der Waals surface area contributed by atoms with E-state index in [2.05, 4.69) is 57.1 Å². The molecule has 0 aromatic heterocycles. The van der Waals surface area contributed by atoms with Crippen molar-refractivity contribution in [3.05, 3.63) is 64.3 Å². The summed E-state index contributed by atoms with van der Waals surface area (Å²) in [5.41, 5.74) is 13.3. The summed E-state index contributed by atoms with van der Waals surface area (Å²) < 4.78 is 0. The predicted molar refractivity (Wildman–Crippen MR) is 96.6 cm³/mol. The van der Waals surface area contributed by atoms with Crippen LogP contribution in [0.1, 0.15) is 49.4 Å². The molecule has 0 amide bonds. The van der Waals surface area contributed by atoms with Gasteiger partial charge in [0.2, 0.25) is 0 Å². The van der Waals surface area contributed by atoms with Gasteiger partial charge in [-0.05, 0) is 80.5 Å². The van der Waals surface area contributed by atoms with Gasteiger partial charge in [-0.2, -0.15) is 0 Å². The summed E-state index contributed by atoms with van der Waals surface area (Å²) in [5, 5.41) is 0. The van der Waals surface area contributed by atoms with E-state index in [0.717, 1.165) is 24.0 Å². The molecule has 0 aliphatic heterocycles. The number of allylic oxidation sites excluding steroid dienone is 5. The molecule has 114 valence electrons. The lowest BCUT2D eigenvalue weighted by atomic mass is 9.90. The molecule has 0 spiro atoms. The van der Waals surface area contributed by atoms with Crippen LogP contribution in [-0.2, 0) is 6.42 Å². The molecule has 2 rings (SSSR count). The third-order valence-corrected chi connectivity index (χ3v) is 4.27. The molecule has 22 heavy (non-hydrogen) atoms. The quantitative estimate of drug-likeness (QED) is 0.628. The minimum absolute atomic E-state index is 0.302. The van der Waals surface area contributed by atoms with Crippen LogP contribution in [0, 0.1) is 19.3 Å². The van der Waals surface area contributed by atoms with E-state index in [1.807, 2.05) is 13.0 Å². The van der Waals surface area contributed by atoms with Crippen molar-refractivity contribution in [1.82, 2.24) is 0 Å². The molecule has 1 nitrogen and oxygen atoms in total. The topological polar surface area (TPSA) is 26.0 Å². The molecular formula is C21H25N. The number of benzene rings is 1. The Labute approximate surface area is 134 Å². The second-order valence-corrected chi connectivity index (χ2v) is 6.41. The molecule has 0 bridgehead atoms. The summed E-state index contributed by atoms with van der Waals surface area (Å²) in [6.07, 6.45) is 16.0. The van der Waals surface area contributed by atoms with E-state index < -0.39 is 0 Å². The molecule has 1 unspecified atom stereocenters. The number of aryl methyl sites for hydroxylation is 2. The Morgan fingerprint density at radius 3 is 2.77 bits per heavy atom. The van der Waals surface area contributed by atoms with Crippen LogP contribution >= 0.6 is 0 Å². The summed E-state index contributed by atoms with van der Waals surface area (Å²) in [6, 6.07) is 4.37. The standard InChI is InChI=1S/C21H25N/c1-6-8-9-15(3)20-14-21(5,22)11-10-18-13-17(7-2)16(4)12-19(18)20/h2,6,8-9,12-14H,10-11,22H2,1,3-5H3/b8-6-,15-9+. The summed E-state index contributed by atoms with van der Waals surface area (Å²) in [5.74, 6) is 2.79. The molecule has 1 atom stereocenters. The second kappa shape index (κ2) is 6.38. The summed E-state index contributed by atoms with van der Waals surface area (Å²) in [7, 11) is 0. The largest absolute Gasteiger partial charge is 0.322 e. The Morgan fingerprint density at radius 2 is 2.14 bits per heavy atom. The number of hydrogen-bond donors (Lipinski definition) is 1. The average molecular weight is 291 g/mol. The summed E-state index contributed by atoms with van der Waals surface area (Å²) >= 11 is 0.